The molecule has 0 saturated carbocycles. The monoisotopic (exact) mass is 187 g/mol. The highest BCUT2D eigenvalue weighted by atomic mass is 32.2. The van der Waals surface area contributed by atoms with Gasteiger partial charge in [-0.15, -0.1) is 11.8 Å². The molecule has 12 heavy (non-hydrogen) atoms. The van der Waals surface area contributed by atoms with E-state index in [9.17, 15) is 9.59 Å². The fourth-order valence-corrected chi connectivity index (χ4v) is 1.56. The number of hydrogen-bond donors (Lipinski definition) is 1. The molecule has 1 aliphatic rings. The molecule has 0 aromatic heterocycles. The predicted molar refractivity (Wildman–Crippen MR) is 45.6 cm³/mol. The van der Waals surface area contributed by atoms with E-state index in [1.807, 2.05) is 0 Å². The maximum Gasteiger partial charge on any atom is 0.331 e. The summed E-state index contributed by atoms with van der Waals surface area (Å²) in [4.78, 5) is 22.2. The van der Waals surface area contributed by atoms with Crippen LogP contribution < -0.4 is 5.32 Å². The second kappa shape index (κ2) is 4.15. The zero-order valence-electron chi connectivity index (χ0n) is 6.62. The van der Waals surface area contributed by atoms with Crippen molar-refractivity contribution in [3.05, 3.63) is 11.0 Å². The molecule has 1 N–H and O–H groups in total. The molecule has 0 unspecified atom stereocenters. The molecule has 4 nitrogen and oxygen atoms in total. The lowest BCUT2D eigenvalue weighted by Crippen LogP contribution is -2.31. The third-order valence-corrected chi connectivity index (χ3v) is 2.34. The van der Waals surface area contributed by atoms with E-state index in [1.165, 1.54) is 24.9 Å². The third-order valence-electron chi connectivity index (χ3n) is 1.32. The van der Waals surface area contributed by atoms with E-state index in [1.54, 1.807) is 0 Å². The van der Waals surface area contributed by atoms with Gasteiger partial charge in [0.1, 0.15) is 0 Å². The van der Waals surface area contributed by atoms with Gasteiger partial charge in [-0.05, 0) is 0 Å². The Bertz CT molecular complexity index is 237. The highest BCUT2D eigenvalue weighted by Gasteiger charge is 2.15. The third kappa shape index (κ3) is 2.27. The summed E-state index contributed by atoms with van der Waals surface area (Å²) < 4.78 is 4.39. The smallest absolute Gasteiger partial charge is 0.331 e. The van der Waals surface area contributed by atoms with Crippen LogP contribution in [0.1, 0.15) is 0 Å². The summed E-state index contributed by atoms with van der Waals surface area (Å²) in [5, 5.41) is 2.63. The number of amides is 1. The maximum atomic E-state index is 11.0. The van der Waals surface area contributed by atoms with Crippen molar-refractivity contribution in [3.63, 3.8) is 0 Å². The Kier molecular flexibility index (Phi) is 3.16. The van der Waals surface area contributed by atoms with Gasteiger partial charge in [-0.1, -0.05) is 0 Å². The summed E-state index contributed by atoms with van der Waals surface area (Å²) in [6, 6.07) is 0. The fraction of sp³-hybridized carbons (Fsp3) is 0.429. The van der Waals surface area contributed by atoms with Gasteiger partial charge in [-0.2, -0.15) is 0 Å². The summed E-state index contributed by atoms with van der Waals surface area (Å²) in [7, 11) is 1.28. The zero-order valence-corrected chi connectivity index (χ0v) is 7.44. The Balaban J connectivity index is 2.65. The summed E-state index contributed by atoms with van der Waals surface area (Å²) >= 11 is 1.36. The van der Waals surface area contributed by atoms with Crippen LogP contribution in [0.15, 0.2) is 11.0 Å². The highest BCUT2D eigenvalue weighted by molar-refractivity contribution is 8.04. The Morgan fingerprint density at radius 2 is 2.50 bits per heavy atom. The van der Waals surface area contributed by atoms with Gasteiger partial charge in [0, 0.05) is 18.4 Å². The number of esters is 1. The number of rotatable bonds is 1. The zero-order chi connectivity index (χ0) is 8.97. The van der Waals surface area contributed by atoms with Gasteiger partial charge in [-0.3, -0.25) is 4.79 Å². The lowest BCUT2D eigenvalue weighted by molar-refractivity contribution is -0.135. The van der Waals surface area contributed by atoms with Crippen LogP contribution in [0.25, 0.3) is 0 Å². The van der Waals surface area contributed by atoms with Gasteiger partial charge in [0.2, 0.25) is 0 Å². The van der Waals surface area contributed by atoms with E-state index >= 15 is 0 Å². The van der Waals surface area contributed by atoms with Crippen molar-refractivity contribution in [1.29, 1.82) is 0 Å². The molecule has 0 aromatic carbocycles. The van der Waals surface area contributed by atoms with Crippen LogP contribution in [-0.2, 0) is 14.3 Å². The van der Waals surface area contributed by atoms with Crippen LogP contribution in [0, 0.1) is 0 Å². The Morgan fingerprint density at radius 3 is 3.08 bits per heavy atom. The molecular weight excluding hydrogens is 178 g/mol. The van der Waals surface area contributed by atoms with Gasteiger partial charge in [0.15, 0.2) is 0 Å². The van der Waals surface area contributed by atoms with Crippen molar-refractivity contribution < 1.29 is 14.3 Å². The molecule has 1 saturated heterocycles. The topological polar surface area (TPSA) is 55.4 Å². The Labute approximate surface area is 74.3 Å². The molecule has 1 rings (SSSR count). The SMILES string of the molecule is COC(=O)/C=C1/SCCNC1=O. The van der Waals surface area contributed by atoms with Crippen molar-refractivity contribution in [2.24, 2.45) is 0 Å². The molecular formula is C7H9NO3S. The van der Waals surface area contributed by atoms with Crippen LogP contribution >= 0.6 is 11.8 Å². The van der Waals surface area contributed by atoms with E-state index in [0.29, 0.717) is 11.4 Å². The first-order chi connectivity index (χ1) is 5.74. The lowest BCUT2D eigenvalue weighted by Gasteiger charge is -2.13. The number of hydrogen-bond acceptors (Lipinski definition) is 4. The molecule has 0 spiro atoms. The number of carbonyl (C=O) groups is 2. The van der Waals surface area contributed by atoms with Crippen LogP contribution in [0.5, 0.6) is 0 Å². The molecule has 66 valence electrons. The number of nitrogens with one attached hydrogen (secondary N) is 1. The van der Waals surface area contributed by atoms with Gasteiger partial charge in [0.25, 0.3) is 5.91 Å². The first kappa shape index (κ1) is 9.12. The second-order valence-electron chi connectivity index (χ2n) is 2.14. The molecule has 1 amide bonds. The minimum atomic E-state index is -0.491. The Hall–Kier alpha value is -0.970. The first-order valence-electron chi connectivity index (χ1n) is 3.44. The van der Waals surface area contributed by atoms with Crippen molar-refractivity contribution in [2.75, 3.05) is 19.4 Å². The largest absolute Gasteiger partial charge is 0.466 e. The number of methoxy groups -OCH3 is 1. The normalized spacial score (nSPS) is 20.4. The molecule has 0 atom stereocenters. The molecule has 1 heterocycles. The summed E-state index contributed by atoms with van der Waals surface area (Å²) in [5.74, 6) is 0.111. The van der Waals surface area contributed by atoms with Gasteiger partial charge in [0.05, 0.1) is 12.0 Å². The van der Waals surface area contributed by atoms with Crippen LogP contribution in [0.2, 0.25) is 0 Å². The van der Waals surface area contributed by atoms with Crippen LogP contribution in [0.3, 0.4) is 0 Å². The minimum Gasteiger partial charge on any atom is -0.466 e. The quantitative estimate of drug-likeness (QED) is 0.460. The van der Waals surface area contributed by atoms with Gasteiger partial charge >= 0.3 is 5.97 Å². The number of thioether (sulfide) groups is 1. The van der Waals surface area contributed by atoms with Crippen molar-refractivity contribution in [1.82, 2.24) is 5.32 Å². The lowest BCUT2D eigenvalue weighted by atomic mass is 10.4. The van der Waals surface area contributed by atoms with E-state index < -0.39 is 5.97 Å². The first-order valence-corrected chi connectivity index (χ1v) is 4.43. The maximum absolute atomic E-state index is 11.0. The van der Waals surface area contributed by atoms with E-state index in [0.717, 1.165) is 5.75 Å². The Morgan fingerprint density at radius 1 is 1.75 bits per heavy atom. The summed E-state index contributed by atoms with van der Waals surface area (Å²) in [6.45, 7) is 0.655. The van der Waals surface area contributed by atoms with E-state index in [-0.39, 0.29) is 5.91 Å². The summed E-state index contributed by atoms with van der Waals surface area (Å²) in [6.07, 6.45) is 1.21. The minimum absolute atomic E-state index is 0.198. The van der Waals surface area contributed by atoms with Crippen LogP contribution in [-0.4, -0.2) is 31.3 Å². The standard InChI is InChI=1S/C7H9NO3S/c1-11-6(9)4-5-7(10)8-2-3-12-5/h4H,2-3H2,1H3,(H,8,10)/b5-4+. The molecule has 0 bridgehead atoms. The van der Waals surface area contributed by atoms with Gasteiger partial charge < -0.3 is 10.1 Å². The number of ether oxygens (including phenoxy) is 1. The molecule has 0 radical (unpaired) electrons. The number of carbonyl (C=O) groups excluding carboxylic acids is 2. The molecule has 1 aliphatic heterocycles. The van der Waals surface area contributed by atoms with Crippen molar-refractivity contribution >= 4 is 23.6 Å². The molecule has 0 aromatic rings. The van der Waals surface area contributed by atoms with Crippen molar-refractivity contribution in [3.8, 4) is 0 Å². The van der Waals surface area contributed by atoms with Gasteiger partial charge in [-0.25, -0.2) is 4.79 Å². The molecule has 5 heteroatoms. The van der Waals surface area contributed by atoms with E-state index in [2.05, 4.69) is 10.1 Å². The summed E-state index contributed by atoms with van der Waals surface area (Å²) in [5.41, 5.74) is 0. The molecule has 0 aliphatic carbocycles. The average molecular weight is 187 g/mol. The predicted octanol–water partition coefficient (Wildman–Crippen LogP) is -0.0937. The second-order valence-corrected chi connectivity index (χ2v) is 3.27. The fourth-order valence-electron chi connectivity index (χ4n) is 0.751. The van der Waals surface area contributed by atoms with E-state index in [4.69, 9.17) is 0 Å². The van der Waals surface area contributed by atoms with Crippen molar-refractivity contribution in [2.45, 2.75) is 0 Å². The highest BCUT2D eigenvalue weighted by Crippen LogP contribution is 2.18. The molecule has 1 fully saturated rings. The average Bonchev–Trinajstić information content (AvgIpc) is 2.09. The van der Waals surface area contributed by atoms with Crippen LogP contribution in [0.4, 0.5) is 0 Å².